The van der Waals surface area contributed by atoms with E-state index in [2.05, 4.69) is 27.2 Å². The lowest BCUT2D eigenvalue weighted by molar-refractivity contribution is -0.274. The molecule has 0 bridgehead atoms. The number of alkyl halides is 3. The Bertz CT molecular complexity index is 1080. The number of aromatic nitrogens is 2. The molecule has 0 atom stereocenters. The van der Waals surface area contributed by atoms with Crippen molar-refractivity contribution in [1.29, 1.82) is 0 Å². The average molecular weight is 482 g/mol. The van der Waals surface area contributed by atoms with E-state index in [4.69, 9.17) is 21.3 Å². The second kappa shape index (κ2) is 10.1. The van der Waals surface area contributed by atoms with E-state index in [1.165, 1.54) is 29.8 Å². The summed E-state index contributed by atoms with van der Waals surface area (Å²) >= 11 is 6.61. The molecule has 0 amide bonds. The lowest BCUT2D eigenvalue weighted by Gasteiger charge is -2.19. The molecule has 5 nitrogen and oxygen atoms in total. The maximum absolute atomic E-state index is 12.3. The number of anilines is 1. The van der Waals surface area contributed by atoms with E-state index in [-0.39, 0.29) is 5.75 Å². The molecule has 1 aliphatic heterocycles. The van der Waals surface area contributed by atoms with Crippen LogP contribution in [-0.2, 0) is 13.0 Å². The molecule has 178 valence electrons. The van der Waals surface area contributed by atoms with Crippen LogP contribution in [0.1, 0.15) is 38.2 Å². The van der Waals surface area contributed by atoms with E-state index in [1.807, 2.05) is 6.07 Å². The predicted octanol–water partition coefficient (Wildman–Crippen LogP) is 6.61. The van der Waals surface area contributed by atoms with Gasteiger partial charge in [-0.2, -0.15) is 0 Å². The molecule has 4 rings (SSSR count). The molecule has 0 saturated carbocycles. The van der Waals surface area contributed by atoms with Gasteiger partial charge in [0.05, 0.1) is 17.1 Å². The van der Waals surface area contributed by atoms with Gasteiger partial charge in [0, 0.05) is 13.1 Å². The average Bonchev–Trinajstić information content (AvgIpc) is 3.41. The molecule has 1 fully saturated rings. The maximum Gasteiger partial charge on any atom is 0.573 e. The fraction of sp³-hybridized carbons (Fsp3) is 0.458. The third-order valence-corrected chi connectivity index (χ3v) is 5.98. The zero-order valence-electron chi connectivity index (χ0n) is 18.5. The Morgan fingerprint density at radius 3 is 2.42 bits per heavy atom. The first kappa shape index (κ1) is 23.5. The largest absolute Gasteiger partial charge is 0.573 e. The van der Waals surface area contributed by atoms with Crippen LogP contribution >= 0.6 is 11.6 Å². The fourth-order valence-corrected chi connectivity index (χ4v) is 4.40. The van der Waals surface area contributed by atoms with Crippen LogP contribution in [-0.4, -0.2) is 35.6 Å². The van der Waals surface area contributed by atoms with E-state index in [1.54, 1.807) is 0 Å². The highest BCUT2D eigenvalue weighted by Crippen LogP contribution is 2.32. The molecular formula is C24H27ClF3N3O2. The highest BCUT2D eigenvalue weighted by Gasteiger charge is 2.31. The maximum atomic E-state index is 12.3. The van der Waals surface area contributed by atoms with E-state index in [0.29, 0.717) is 23.9 Å². The SMILES string of the molecule is CCCCc1cc(Cl)c2nc(N3CCCC3)n(CCOc3ccc(OC(F)(F)F)cc3)c2c1. The summed E-state index contributed by atoms with van der Waals surface area (Å²) in [5.74, 6) is 1.08. The second-order valence-corrected chi connectivity index (χ2v) is 8.58. The quantitative estimate of drug-likeness (QED) is 0.345. The number of hydrogen-bond donors (Lipinski definition) is 0. The van der Waals surface area contributed by atoms with Crippen molar-refractivity contribution in [2.24, 2.45) is 0 Å². The van der Waals surface area contributed by atoms with Crippen LogP contribution in [0.2, 0.25) is 5.02 Å². The number of aryl methyl sites for hydroxylation is 1. The molecule has 2 heterocycles. The summed E-state index contributed by atoms with van der Waals surface area (Å²) in [5.41, 5.74) is 2.95. The molecular weight excluding hydrogens is 455 g/mol. The van der Waals surface area contributed by atoms with Crippen molar-refractivity contribution in [2.75, 3.05) is 24.6 Å². The summed E-state index contributed by atoms with van der Waals surface area (Å²) in [6, 6.07) is 9.58. The molecule has 2 aromatic carbocycles. The van der Waals surface area contributed by atoms with Crippen LogP contribution in [0.3, 0.4) is 0 Å². The summed E-state index contributed by atoms with van der Waals surface area (Å²) in [7, 11) is 0. The first-order valence-electron chi connectivity index (χ1n) is 11.3. The molecule has 9 heteroatoms. The number of benzene rings is 2. The molecule has 3 aromatic rings. The van der Waals surface area contributed by atoms with Crippen LogP contribution in [0.15, 0.2) is 36.4 Å². The molecule has 0 aliphatic carbocycles. The van der Waals surface area contributed by atoms with Gasteiger partial charge in [-0.25, -0.2) is 4.98 Å². The van der Waals surface area contributed by atoms with E-state index >= 15 is 0 Å². The van der Waals surface area contributed by atoms with Gasteiger partial charge in [0.2, 0.25) is 5.95 Å². The van der Waals surface area contributed by atoms with Crippen LogP contribution in [0, 0.1) is 0 Å². The van der Waals surface area contributed by atoms with Gasteiger partial charge in [0.25, 0.3) is 0 Å². The Labute approximate surface area is 196 Å². The van der Waals surface area contributed by atoms with Crippen molar-refractivity contribution >= 4 is 28.6 Å². The summed E-state index contributed by atoms with van der Waals surface area (Å²) < 4.78 is 48.9. The van der Waals surface area contributed by atoms with Gasteiger partial charge in [0.1, 0.15) is 23.6 Å². The van der Waals surface area contributed by atoms with E-state index in [0.717, 1.165) is 62.2 Å². The Morgan fingerprint density at radius 1 is 1.06 bits per heavy atom. The van der Waals surface area contributed by atoms with Crippen LogP contribution < -0.4 is 14.4 Å². The number of nitrogens with zero attached hydrogens (tertiary/aromatic N) is 3. The highest BCUT2D eigenvalue weighted by atomic mass is 35.5. The zero-order valence-corrected chi connectivity index (χ0v) is 19.3. The van der Waals surface area contributed by atoms with Gasteiger partial charge in [0.15, 0.2) is 0 Å². The minimum absolute atomic E-state index is 0.277. The number of halogens is 4. The first-order valence-corrected chi connectivity index (χ1v) is 11.6. The monoisotopic (exact) mass is 481 g/mol. The molecule has 0 N–H and O–H groups in total. The van der Waals surface area contributed by atoms with Gasteiger partial charge in [-0.05, 0) is 67.6 Å². The second-order valence-electron chi connectivity index (χ2n) is 8.17. The lowest BCUT2D eigenvalue weighted by Crippen LogP contribution is -2.23. The van der Waals surface area contributed by atoms with Crippen LogP contribution in [0.25, 0.3) is 11.0 Å². The number of rotatable bonds is 9. The normalized spacial score (nSPS) is 14.3. The number of imidazole rings is 1. The minimum Gasteiger partial charge on any atom is -0.492 e. The smallest absolute Gasteiger partial charge is 0.492 e. The predicted molar refractivity (Wildman–Crippen MR) is 123 cm³/mol. The van der Waals surface area contributed by atoms with Gasteiger partial charge in [-0.3, -0.25) is 0 Å². The van der Waals surface area contributed by atoms with Gasteiger partial charge in [-0.1, -0.05) is 24.9 Å². The number of hydrogen-bond acceptors (Lipinski definition) is 4. The minimum atomic E-state index is -4.71. The molecule has 0 spiro atoms. The highest BCUT2D eigenvalue weighted by molar-refractivity contribution is 6.35. The Balaban J connectivity index is 1.53. The number of fused-ring (bicyclic) bond motifs is 1. The molecule has 0 unspecified atom stereocenters. The van der Waals surface area contributed by atoms with Crippen molar-refractivity contribution in [2.45, 2.75) is 51.9 Å². The van der Waals surface area contributed by atoms with Crippen molar-refractivity contribution in [1.82, 2.24) is 9.55 Å². The van der Waals surface area contributed by atoms with Crippen LogP contribution in [0.4, 0.5) is 19.1 Å². The summed E-state index contributed by atoms with van der Waals surface area (Å²) in [4.78, 5) is 7.13. The van der Waals surface area contributed by atoms with Gasteiger partial charge in [-0.15, -0.1) is 13.2 Å². The third kappa shape index (κ3) is 5.85. The molecule has 1 aromatic heterocycles. The molecule has 1 saturated heterocycles. The molecule has 1 aliphatic rings. The van der Waals surface area contributed by atoms with Gasteiger partial charge >= 0.3 is 6.36 Å². The standard InChI is InChI=1S/C24H27ClF3N3O2/c1-2-3-6-17-15-20(25)22-21(16-17)31(23(29-22)30-11-4-5-12-30)13-14-32-18-7-9-19(10-8-18)33-24(26,27)28/h7-10,15-16H,2-6,11-14H2,1H3. The van der Waals surface area contributed by atoms with Crippen molar-refractivity contribution in [3.05, 3.63) is 47.0 Å². The lowest BCUT2D eigenvalue weighted by atomic mass is 10.1. The number of unbranched alkanes of at least 4 members (excludes halogenated alkanes) is 1. The Hall–Kier alpha value is -2.61. The third-order valence-electron chi connectivity index (χ3n) is 5.70. The van der Waals surface area contributed by atoms with Crippen molar-refractivity contribution in [3.63, 3.8) is 0 Å². The first-order chi connectivity index (χ1) is 15.8. The van der Waals surface area contributed by atoms with E-state index < -0.39 is 6.36 Å². The van der Waals surface area contributed by atoms with Gasteiger partial charge < -0.3 is 18.9 Å². The van der Waals surface area contributed by atoms with E-state index in [9.17, 15) is 13.2 Å². The van der Waals surface area contributed by atoms with Crippen LogP contribution in [0.5, 0.6) is 11.5 Å². The zero-order chi connectivity index (χ0) is 23.4. The number of ether oxygens (including phenoxy) is 2. The Kier molecular flexibility index (Phi) is 7.22. The Morgan fingerprint density at radius 2 is 1.76 bits per heavy atom. The topological polar surface area (TPSA) is 39.5 Å². The van der Waals surface area contributed by atoms with Crippen molar-refractivity contribution in [3.8, 4) is 11.5 Å². The fourth-order valence-electron chi connectivity index (χ4n) is 4.12. The molecule has 33 heavy (non-hydrogen) atoms. The summed E-state index contributed by atoms with van der Waals surface area (Å²) in [6.07, 6.45) is 0.692. The summed E-state index contributed by atoms with van der Waals surface area (Å²) in [5, 5.41) is 0.652. The molecule has 0 radical (unpaired) electrons. The summed E-state index contributed by atoms with van der Waals surface area (Å²) in [6.45, 7) is 4.94. The van der Waals surface area contributed by atoms with Crippen molar-refractivity contribution < 1.29 is 22.6 Å².